The molecule has 5 nitrogen and oxygen atoms in total. The molecule has 0 saturated heterocycles. The summed E-state index contributed by atoms with van der Waals surface area (Å²) < 4.78 is 0. The molecule has 84 valence electrons. The van der Waals surface area contributed by atoms with E-state index in [1.54, 1.807) is 0 Å². The molecule has 0 aliphatic heterocycles. The van der Waals surface area contributed by atoms with Crippen molar-refractivity contribution in [1.29, 1.82) is 0 Å². The molecular formula is C10H11N3O2S. The molecule has 16 heavy (non-hydrogen) atoms. The van der Waals surface area contributed by atoms with Crippen LogP contribution in [0, 0.1) is 0 Å². The number of carbonyl (C=O) groups is 1. The summed E-state index contributed by atoms with van der Waals surface area (Å²) in [5, 5.41) is 14.2. The SMILES string of the molecule is CCc1nc(NCC(=O)O)c2ccsc2n1. The van der Waals surface area contributed by atoms with E-state index < -0.39 is 5.97 Å². The fourth-order valence-electron chi connectivity index (χ4n) is 1.35. The topological polar surface area (TPSA) is 75.1 Å². The van der Waals surface area contributed by atoms with Crippen molar-refractivity contribution in [3.05, 3.63) is 17.3 Å². The van der Waals surface area contributed by atoms with Gasteiger partial charge in [-0.2, -0.15) is 0 Å². The maximum absolute atomic E-state index is 10.5. The maximum atomic E-state index is 10.5. The van der Waals surface area contributed by atoms with Crippen LogP contribution in [0.1, 0.15) is 12.7 Å². The first-order valence-corrected chi connectivity index (χ1v) is 5.78. The van der Waals surface area contributed by atoms with E-state index in [0.717, 1.165) is 22.5 Å². The first kappa shape index (κ1) is 10.8. The average Bonchev–Trinajstić information content (AvgIpc) is 2.73. The van der Waals surface area contributed by atoms with E-state index in [4.69, 9.17) is 5.11 Å². The largest absolute Gasteiger partial charge is 0.480 e. The monoisotopic (exact) mass is 237 g/mol. The van der Waals surface area contributed by atoms with Crippen molar-refractivity contribution in [2.24, 2.45) is 0 Å². The minimum atomic E-state index is -0.903. The Morgan fingerprint density at radius 2 is 2.38 bits per heavy atom. The van der Waals surface area contributed by atoms with E-state index in [-0.39, 0.29) is 6.54 Å². The lowest BCUT2D eigenvalue weighted by molar-refractivity contribution is -0.134. The van der Waals surface area contributed by atoms with Crippen molar-refractivity contribution < 1.29 is 9.90 Å². The Hall–Kier alpha value is -1.69. The third kappa shape index (κ3) is 2.11. The normalized spacial score (nSPS) is 10.6. The molecule has 6 heteroatoms. The van der Waals surface area contributed by atoms with Crippen LogP contribution in [0.5, 0.6) is 0 Å². The van der Waals surface area contributed by atoms with Crippen molar-refractivity contribution in [3.8, 4) is 0 Å². The van der Waals surface area contributed by atoms with Gasteiger partial charge in [0.25, 0.3) is 0 Å². The van der Waals surface area contributed by atoms with Crippen LogP contribution in [0.15, 0.2) is 11.4 Å². The van der Waals surface area contributed by atoms with Gasteiger partial charge >= 0.3 is 5.97 Å². The van der Waals surface area contributed by atoms with Gasteiger partial charge in [-0.15, -0.1) is 11.3 Å². The molecule has 0 amide bonds. The highest BCUT2D eigenvalue weighted by Gasteiger charge is 2.08. The van der Waals surface area contributed by atoms with Crippen molar-refractivity contribution >= 4 is 33.3 Å². The number of thiophene rings is 1. The van der Waals surface area contributed by atoms with Crippen LogP contribution >= 0.6 is 11.3 Å². The summed E-state index contributed by atoms with van der Waals surface area (Å²) in [6.07, 6.45) is 0.732. The van der Waals surface area contributed by atoms with Crippen molar-refractivity contribution in [3.63, 3.8) is 0 Å². The van der Waals surface area contributed by atoms with E-state index in [0.29, 0.717) is 5.82 Å². The van der Waals surface area contributed by atoms with Crippen LogP contribution in [-0.4, -0.2) is 27.6 Å². The fourth-order valence-corrected chi connectivity index (χ4v) is 2.13. The number of aryl methyl sites for hydroxylation is 1. The lowest BCUT2D eigenvalue weighted by Gasteiger charge is -2.05. The van der Waals surface area contributed by atoms with Crippen molar-refractivity contribution in [2.75, 3.05) is 11.9 Å². The van der Waals surface area contributed by atoms with Crippen molar-refractivity contribution in [2.45, 2.75) is 13.3 Å². The molecule has 2 heterocycles. The van der Waals surface area contributed by atoms with Gasteiger partial charge in [0, 0.05) is 6.42 Å². The van der Waals surface area contributed by atoms with E-state index in [9.17, 15) is 4.79 Å². The Morgan fingerprint density at radius 1 is 1.56 bits per heavy atom. The number of anilines is 1. The highest BCUT2D eigenvalue weighted by Crippen LogP contribution is 2.24. The maximum Gasteiger partial charge on any atom is 0.322 e. The Bertz CT molecular complexity index is 524. The third-order valence-corrected chi connectivity index (χ3v) is 2.90. The van der Waals surface area contributed by atoms with Crippen LogP contribution in [0.4, 0.5) is 5.82 Å². The summed E-state index contributed by atoms with van der Waals surface area (Å²) in [5.41, 5.74) is 0. The van der Waals surface area contributed by atoms with Gasteiger partial charge in [0.15, 0.2) is 0 Å². The lowest BCUT2D eigenvalue weighted by atomic mass is 10.3. The third-order valence-electron chi connectivity index (χ3n) is 2.09. The first-order valence-electron chi connectivity index (χ1n) is 4.90. The zero-order chi connectivity index (χ0) is 11.5. The number of hydrogen-bond donors (Lipinski definition) is 2. The summed E-state index contributed by atoms with van der Waals surface area (Å²) in [6.45, 7) is 1.83. The molecule has 2 aromatic heterocycles. The second-order valence-corrected chi connectivity index (χ2v) is 4.12. The van der Waals surface area contributed by atoms with Crippen LogP contribution in [-0.2, 0) is 11.2 Å². The number of aromatic nitrogens is 2. The van der Waals surface area contributed by atoms with Gasteiger partial charge in [-0.25, -0.2) is 9.97 Å². The average molecular weight is 237 g/mol. The molecule has 0 bridgehead atoms. The molecule has 0 unspecified atom stereocenters. The summed E-state index contributed by atoms with van der Waals surface area (Å²) in [5.74, 6) is 0.424. The van der Waals surface area contributed by atoms with Crippen molar-refractivity contribution in [1.82, 2.24) is 9.97 Å². The van der Waals surface area contributed by atoms with E-state index in [1.165, 1.54) is 11.3 Å². The minimum absolute atomic E-state index is 0.134. The molecule has 2 N–H and O–H groups in total. The Morgan fingerprint density at radius 3 is 3.06 bits per heavy atom. The van der Waals surface area contributed by atoms with Gasteiger partial charge in [-0.3, -0.25) is 4.79 Å². The molecular weight excluding hydrogens is 226 g/mol. The Kier molecular flexibility index (Phi) is 3.00. The Balaban J connectivity index is 2.40. The number of fused-ring (bicyclic) bond motifs is 1. The van der Waals surface area contributed by atoms with Crippen LogP contribution in [0.2, 0.25) is 0 Å². The van der Waals surface area contributed by atoms with E-state index in [1.807, 2.05) is 18.4 Å². The van der Waals surface area contributed by atoms with E-state index >= 15 is 0 Å². The lowest BCUT2D eigenvalue weighted by Crippen LogP contribution is -2.14. The smallest absolute Gasteiger partial charge is 0.322 e. The molecule has 2 rings (SSSR count). The van der Waals surface area contributed by atoms with Crippen LogP contribution in [0.3, 0.4) is 0 Å². The highest BCUT2D eigenvalue weighted by atomic mass is 32.1. The van der Waals surface area contributed by atoms with Gasteiger partial charge in [0.05, 0.1) is 5.39 Å². The molecule has 0 atom stereocenters. The summed E-state index contributed by atoms with van der Waals surface area (Å²) >= 11 is 1.53. The Labute approximate surface area is 96.2 Å². The number of carboxylic acid groups (broad SMARTS) is 1. The van der Waals surface area contributed by atoms with Gasteiger partial charge in [-0.1, -0.05) is 6.92 Å². The summed E-state index contributed by atoms with van der Waals surface area (Å²) in [6, 6.07) is 1.89. The summed E-state index contributed by atoms with van der Waals surface area (Å²) in [4.78, 5) is 20.0. The standard InChI is InChI=1S/C10H11N3O2S/c1-2-7-12-9(11-5-8(14)15)6-3-4-16-10(6)13-7/h3-4H,2,5H2,1H3,(H,14,15)(H,11,12,13). The van der Waals surface area contributed by atoms with E-state index in [2.05, 4.69) is 15.3 Å². The highest BCUT2D eigenvalue weighted by molar-refractivity contribution is 7.16. The van der Waals surface area contributed by atoms with Gasteiger partial charge in [0.2, 0.25) is 0 Å². The first-order chi connectivity index (χ1) is 7.70. The van der Waals surface area contributed by atoms with Gasteiger partial charge in [0.1, 0.15) is 23.0 Å². The number of nitrogens with zero attached hydrogens (tertiary/aromatic N) is 2. The second-order valence-electron chi connectivity index (χ2n) is 3.23. The number of hydrogen-bond acceptors (Lipinski definition) is 5. The molecule has 0 aliphatic rings. The van der Waals surface area contributed by atoms with Crippen LogP contribution in [0.25, 0.3) is 10.2 Å². The zero-order valence-corrected chi connectivity index (χ0v) is 9.54. The zero-order valence-electron chi connectivity index (χ0n) is 8.73. The predicted octanol–water partition coefficient (Wildman–Crippen LogP) is 1.75. The summed E-state index contributed by atoms with van der Waals surface area (Å²) in [7, 11) is 0. The quantitative estimate of drug-likeness (QED) is 0.847. The minimum Gasteiger partial charge on any atom is -0.480 e. The number of nitrogens with one attached hydrogen (secondary N) is 1. The molecule has 0 fully saturated rings. The number of rotatable bonds is 4. The number of aliphatic carboxylic acids is 1. The predicted molar refractivity (Wildman–Crippen MR) is 62.9 cm³/mol. The molecule has 0 radical (unpaired) electrons. The molecule has 0 spiro atoms. The molecule has 0 aliphatic carbocycles. The van der Waals surface area contributed by atoms with Gasteiger partial charge in [-0.05, 0) is 11.4 Å². The molecule has 0 aromatic carbocycles. The number of carboxylic acids is 1. The van der Waals surface area contributed by atoms with Crippen LogP contribution < -0.4 is 5.32 Å². The fraction of sp³-hybridized carbons (Fsp3) is 0.300. The van der Waals surface area contributed by atoms with Gasteiger partial charge < -0.3 is 10.4 Å². The molecule has 0 saturated carbocycles. The molecule has 2 aromatic rings. The second kappa shape index (κ2) is 4.44.